The van der Waals surface area contributed by atoms with Crippen LogP contribution in [0.2, 0.25) is 0 Å². The zero-order valence-corrected chi connectivity index (χ0v) is 14.6. The Morgan fingerprint density at radius 3 is 2.80 bits per heavy atom. The molecule has 3 N–H and O–H groups in total. The van der Waals surface area contributed by atoms with E-state index in [9.17, 15) is 4.79 Å². The van der Waals surface area contributed by atoms with Crippen molar-refractivity contribution in [2.24, 2.45) is 0 Å². The molecule has 0 bridgehead atoms. The Labute approximate surface area is 148 Å². The van der Waals surface area contributed by atoms with Crippen LogP contribution in [0, 0.1) is 0 Å². The van der Waals surface area contributed by atoms with Crippen LogP contribution in [0.3, 0.4) is 0 Å². The smallest absolute Gasteiger partial charge is 0.262 e. The number of nitrogens with one attached hydrogen (secondary N) is 1. The molecule has 1 amide bonds. The molecule has 0 aromatic heterocycles. The standard InChI is InChI=1S/C20H25N3O2/c1-15-7-5-6-12-23(15)19-11-10-16(21)13-18(19)22-20(24)14-25-17-8-3-2-4-9-17/h2-4,8-11,13,15H,5-7,12,14,21H2,1H3,(H,22,24)/t15-/m0/s1. The van der Waals surface area contributed by atoms with Gasteiger partial charge in [0.05, 0.1) is 11.4 Å². The first-order chi connectivity index (χ1) is 12.1. The Morgan fingerprint density at radius 2 is 2.04 bits per heavy atom. The summed E-state index contributed by atoms with van der Waals surface area (Å²) in [6, 6.07) is 15.5. The van der Waals surface area contributed by atoms with Crippen molar-refractivity contribution in [1.29, 1.82) is 0 Å². The average molecular weight is 339 g/mol. The van der Waals surface area contributed by atoms with E-state index in [0.717, 1.165) is 24.3 Å². The number of amides is 1. The second-order valence-electron chi connectivity index (χ2n) is 6.46. The quantitative estimate of drug-likeness (QED) is 0.816. The zero-order chi connectivity index (χ0) is 17.6. The molecule has 1 saturated heterocycles. The van der Waals surface area contributed by atoms with Gasteiger partial charge in [0.15, 0.2) is 6.61 Å². The van der Waals surface area contributed by atoms with Crippen molar-refractivity contribution in [3.8, 4) is 5.75 Å². The third kappa shape index (κ3) is 4.44. The van der Waals surface area contributed by atoms with Gasteiger partial charge < -0.3 is 20.7 Å². The maximum atomic E-state index is 12.3. The summed E-state index contributed by atoms with van der Waals surface area (Å²) in [4.78, 5) is 14.7. The molecule has 132 valence electrons. The van der Waals surface area contributed by atoms with Crippen molar-refractivity contribution in [1.82, 2.24) is 0 Å². The Bertz CT molecular complexity index is 718. The van der Waals surface area contributed by atoms with Gasteiger partial charge in [0, 0.05) is 18.3 Å². The Kier molecular flexibility index (Phi) is 5.43. The number of carbonyl (C=O) groups is 1. The summed E-state index contributed by atoms with van der Waals surface area (Å²) in [6.07, 6.45) is 3.58. The minimum atomic E-state index is -0.194. The van der Waals surface area contributed by atoms with Crippen LogP contribution >= 0.6 is 0 Å². The van der Waals surface area contributed by atoms with E-state index in [0.29, 0.717) is 17.5 Å². The molecular formula is C20H25N3O2. The monoisotopic (exact) mass is 339 g/mol. The number of hydrogen-bond acceptors (Lipinski definition) is 4. The first-order valence-electron chi connectivity index (χ1n) is 8.77. The van der Waals surface area contributed by atoms with Crippen LogP contribution in [0.1, 0.15) is 26.2 Å². The number of piperidine rings is 1. The van der Waals surface area contributed by atoms with Gasteiger partial charge in [0.2, 0.25) is 0 Å². The van der Waals surface area contributed by atoms with Gasteiger partial charge in [0.25, 0.3) is 5.91 Å². The number of benzene rings is 2. The summed E-state index contributed by atoms with van der Waals surface area (Å²) in [5, 5.41) is 2.95. The second-order valence-corrected chi connectivity index (χ2v) is 6.46. The van der Waals surface area contributed by atoms with Gasteiger partial charge >= 0.3 is 0 Å². The van der Waals surface area contributed by atoms with E-state index >= 15 is 0 Å². The topological polar surface area (TPSA) is 67.6 Å². The summed E-state index contributed by atoms with van der Waals surface area (Å²) in [7, 11) is 0. The largest absolute Gasteiger partial charge is 0.484 e. The second kappa shape index (κ2) is 7.92. The first kappa shape index (κ1) is 17.1. The number of rotatable bonds is 5. The molecule has 2 aromatic carbocycles. The number of para-hydroxylation sites is 1. The van der Waals surface area contributed by atoms with E-state index in [4.69, 9.17) is 10.5 Å². The van der Waals surface area contributed by atoms with E-state index in [1.165, 1.54) is 12.8 Å². The summed E-state index contributed by atoms with van der Waals surface area (Å²) >= 11 is 0. The van der Waals surface area contributed by atoms with Crippen molar-refractivity contribution in [2.75, 3.05) is 29.1 Å². The van der Waals surface area contributed by atoms with Crippen LogP contribution in [0.25, 0.3) is 0 Å². The van der Waals surface area contributed by atoms with Crippen LogP contribution in [0.4, 0.5) is 17.1 Å². The van der Waals surface area contributed by atoms with Crippen LogP contribution in [-0.4, -0.2) is 25.1 Å². The van der Waals surface area contributed by atoms with E-state index in [-0.39, 0.29) is 12.5 Å². The van der Waals surface area contributed by atoms with Crippen LogP contribution in [-0.2, 0) is 4.79 Å². The number of hydrogen-bond donors (Lipinski definition) is 2. The highest BCUT2D eigenvalue weighted by Gasteiger charge is 2.21. The maximum absolute atomic E-state index is 12.3. The predicted molar refractivity (Wildman–Crippen MR) is 102 cm³/mol. The molecule has 1 aliphatic heterocycles. The first-order valence-corrected chi connectivity index (χ1v) is 8.77. The molecule has 5 heteroatoms. The van der Waals surface area contributed by atoms with Crippen molar-refractivity contribution in [3.63, 3.8) is 0 Å². The molecule has 25 heavy (non-hydrogen) atoms. The number of carbonyl (C=O) groups excluding carboxylic acids is 1. The highest BCUT2D eigenvalue weighted by molar-refractivity contribution is 5.96. The van der Waals surface area contributed by atoms with Crippen LogP contribution < -0.4 is 20.7 Å². The van der Waals surface area contributed by atoms with E-state index in [2.05, 4.69) is 17.1 Å². The number of nitrogens with two attached hydrogens (primary N) is 1. The Morgan fingerprint density at radius 1 is 1.24 bits per heavy atom. The van der Waals surface area contributed by atoms with E-state index in [1.807, 2.05) is 48.5 Å². The summed E-state index contributed by atoms with van der Waals surface area (Å²) in [6.45, 7) is 3.18. The molecular weight excluding hydrogens is 314 g/mol. The van der Waals surface area contributed by atoms with Gasteiger partial charge in [-0.05, 0) is 56.5 Å². The molecule has 2 aromatic rings. The lowest BCUT2D eigenvalue weighted by Crippen LogP contribution is -2.38. The van der Waals surface area contributed by atoms with Crippen molar-refractivity contribution < 1.29 is 9.53 Å². The number of nitrogen functional groups attached to an aromatic ring is 1. The fourth-order valence-corrected chi connectivity index (χ4v) is 3.21. The normalized spacial score (nSPS) is 17.2. The van der Waals surface area contributed by atoms with Crippen molar-refractivity contribution >= 4 is 23.0 Å². The maximum Gasteiger partial charge on any atom is 0.262 e. The lowest BCUT2D eigenvalue weighted by molar-refractivity contribution is -0.118. The van der Waals surface area contributed by atoms with Gasteiger partial charge in [-0.1, -0.05) is 18.2 Å². The van der Waals surface area contributed by atoms with Crippen molar-refractivity contribution in [3.05, 3.63) is 48.5 Å². The summed E-state index contributed by atoms with van der Waals surface area (Å²) < 4.78 is 5.52. The lowest BCUT2D eigenvalue weighted by Gasteiger charge is -2.36. The van der Waals surface area contributed by atoms with Gasteiger partial charge in [-0.25, -0.2) is 0 Å². The summed E-state index contributed by atoms with van der Waals surface area (Å²) in [5.41, 5.74) is 8.33. The molecule has 1 aliphatic rings. The molecule has 0 unspecified atom stereocenters. The third-order valence-electron chi connectivity index (χ3n) is 4.52. The van der Waals surface area contributed by atoms with Crippen molar-refractivity contribution in [2.45, 2.75) is 32.2 Å². The number of ether oxygens (including phenoxy) is 1. The summed E-state index contributed by atoms with van der Waals surface area (Å²) in [5.74, 6) is 0.482. The Hall–Kier alpha value is -2.69. The minimum Gasteiger partial charge on any atom is -0.484 e. The van der Waals surface area contributed by atoms with Gasteiger partial charge in [-0.3, -0.25) is 4.79 Å². The molecule has 5 nitrogen and oxygen atoms in total. The molecule has 1 heterocycles. The molecule has 1 fully saturated rings. The minimum absolute atomic E-state index is 0.0339. The van der Waals surface area contributed by atoms with Crippen LogP contribution in [0.15, 0.2) is 48.5 Å². The lowest BCUT2D eigenvalue weighted by atomic mass is 10.0. The van der Waals surface area contributed by atoms with E-state index in [1.54, 1.807) is 0 Å². The molecule has 0 aliphatic carbocycles. The molecule has 3 rings (SSSR count). The van der Waals surface area contributed by atoms with Gasteiger partial charge in [-0.15, -0.1) is 0 Å². The van der Waals surface area contributed by atoms with Gasteiger partial charge in [0.1, 0.15) is 5.75 Å². The fourth-order valence-electron chi connectivity index (χ4n) is 3.21. The van der Waals surface area contributed by atoms with Crippen LogP contribution in [0.5, 0.6) is 5.75 Å². The number of anilines is 3. The highest BCUT2D eigenvalue weighted by Crippen LogP contribution is 2.32. The fraction of sp³-hybridized carbons (Fsp3) is 0.350. The third-order valence-corrected chi connectivity index (χ3v) is 4.52. The predicted octanol–water partition coefficient (Wildman–Crippen LogP) is 3.67. The Balaban J connectivity index is 1.70. The molecule has 0 spiro atoms. The van der Waals surface area contributed by atoms with E-state index < -0.39 is 0 Å². The molecule has 1 atom stereocenters. The number of nitrogens with zero attached hydrogens (tertiary/aromatic N) is 1. The molecule has 0 radical (unpaired) electrons. The molecule has 0 saturated carbocycles. The zero-order valence-electron chi connectivity index (χ0n) is 14.6. The SMILES string of the molecule is C[C@H]1CCCCN1c1ccc(N)cc1NC(=O)COc1ccccc1. The average Bonchev–Trinajstić information content (AvgIpc) is 2.62. The highest BCUT2D eigenvalue weighted by atomic mass is 16.5. The van der Waals surface area contributed by atoms with Gasteiger partial charge in [-0.2, -0.15) is 0 Å².